The standard InChI is InChI=1S/C7H6O4/c1-2-4-6(5-3-1)7-8-10-11-9-7/h1-5,7H. The molecule has 1 heterocycles. The molecule has 1 fully saturated rings. The van der Waals surface area contributed by atoms with E-state index in [-0.39, 0.29) is 0 Å². The lowest BCUT2D eigenvalue weighted by atomic mass is 10.2. The topological polar surface area (TPSA) is 36.9 Å². The van der Waals surface area contributed by atoms with Crippen molar-refractivity contribution in [2.24, 2.45) is 0 Å². The molecule has 2 rings (SSSR count). The van der Waals surface area contributed by atoms with Crippen molar-refractivity contribution in [3.8, 4) is 0 Å². The monoisotopic (exact) mass is 154 g/mol. The molecule has 11 heavy (non-hydrogen) atoms. The van der Waals surface area contributed by atoms with E-state index in [9.17, 15) is 0 Å². The van der Waals surface area contributed by atoms with Gasteiger partial charge in [-0.05, 0) is 10.1 Å². The van der Waals surface area contributed by atoms with Crippen LogP contribution < -0.4 is 0 Å². The van der Waals surface area contributed by atoms with Gasteiger partial charge >= 0.3 is 0 Å². The smallest absolute Gasteiger partial charge is 0.163 e. The summed E-state index contributed by atoms with van der Waals surface area (Å²) in [5, 5.41) is 8.18. The minimum atomic E-state index is -0.573. The maximum absolute atomic E-state index is 4.59. The molecule has 0 bridgehead atoms. The van der Waals surface area contributed by atoms with Crippen LogP contribution in [-0.4, -0.2) is 0 Å². The fourth-order valence-electron chi connectivity index (χ4n) is 0.841. The van der Waals surface area contributed by atoms with Crippen molar-refractivity contribution >= 4 is 0 Å². The fraction of sp³-hybridized carbons (Fsp3) is 0.143. The Kier molecular flexibility index (Phi) is 1.83. The minimum absolute atomic E-state index is 0.573. The van der Waals surface area contributed by atoms with E-state index >= 15 is 0 Å². The van der Waals surface area contributed by atoms with Crippen molar-refractivity contribution in [3.63, 3.8) is 0 Å². The second-order valence-electron chi connectivity index (χ2n) is 2.07. The van der Waals surface area contributed by atoms with Crippen molar-refractivity contribution in [3.05, 3.63) is 35.9 Å². The SMILES string of the molecule is c1ccc(C2OOOO2)cc1. The molecule has 1 aliphatic rings. The molecule has 0 saturated carbocycles. The van der Waals surface area contributed by atoms with Crippen LogP contribution in [0.5, 0.6) is 0 Å². The van der Waals surface area contributed by atoms with Crippen LogP contribution in [-0.2, 0) is 19.9 Å². The van der Waals surface area contributed by atoms with E-state index in [0.29, 0.717) is 0 Å². The Bertz CT molecular complexity index is 217. The number of hydrogen-bond acceptors (Lipinski definition) is 4. The van der Waals surface area contributed by atoms with E-state index < -0.39 is 6.29 Å². The molecule has 0 aromatic heterocycles. The first-order chi connectivity index (χ1) is 5.47. The summed E-state index contributed by atoms with van der Waals surface area (Å²) in [7, 11) is 0. The van der Waals surface area contributed by atoms with Gasteiger partial charge in [0.2, 0.25) is 0 Å². The summed E-state index contributed by atoms with van der Waals surface area (Å²) >= 11 is 0. The van der Waals surface area contributed by atoms with Gasteiger partial charge in [-0.1, -0.05) is 30.3 Å². The maximum Gasteiger partial charge on any atom is 0.255 e. The van der Waals surface area contributed by atoms with Gasteiger partial charge in [0.05, 0.1) is 0 Å². The Balaban J connectivity index is 2.16. The van der Waals surface area contributed by atoms with Crippen LogP contribution in [0.1, 0.15) is 11.9 Å². The van der Waals surface area contributed by atoms with E-state index in [0.717, 1.165) is 5.56 Å². The highest BCUT2D eigenvalue weighted by molar-refractivity contribution is 5.15. The third-order valence-corrected chi connectivity index (χ3v) is 1.35. The summed E-state index contributed by atoms with van der Waals surface area (Å²) in [5.41, 5.74) is 0.852. The number of rotatable bonds is 1. The Hall–Kier alpha value is -0.940. The molecule has 0 radical (unpaired) electrons. The molecule has 4 heteroatoms. The Morgan fingerprint density at radius 2 is 1.55 bits per heavy atom. The second-order valence-corrected chi connectivity index (χ2v) is 2.07. The van der Waals surface area contributed by atoms with Gasteiger partial charge in [0.15, 0.2) is 0 Å². The molecule has 1 aliphatic heterocycles. The molecular formula is C7H6O4. The van der Waals surface area contributed by atoms with Gasteiger partial charge in [0.1, 0.15) is 0 Å². The van der Waals surface area contributed by atoms with Gasteiger partial charge in [0.25, 0.3) is 6.29 Å². The molecule has 0 N–H and O–H groups in total. The van der Waals surface area contributed by atoms with Gasteiger partial charge in [-0.25, -0.2) is 0 Å². The van der Waals surface area contributed by atoms with E-state index in [4.69, 9.17) is 0 Å². The first-order valence-electron chi connectivity index (χ1n) is 3.17. The lowest BCUT2D eigenvalue weighted by Crippen LogP contribution is -1.95. The Morgan fingerprint density at radius 1 is 0.909 bits per heavy atom. The molecule has 0 aliphatic carbocycles. The van der Waals surface area contributed by atoms with Crippen LogP contribution >= 0.6 is 0 Å². The van der Waals surface area contributed by atoms with E-state index in [2.05, 4.69) is 19.9 Å². The van der Waals surface area contributed by atoms with Crippen molar-refractivity contribution in [2.75, 3.05) is 0 Å². The Morgan fingerprint density at radius 3 is 2.18 bits per heavy atom. The lowest BCUT2D eigenvalue weighted by molar-refractivity contribution is -0.532. The van der Waals surface area contributed by atoms with Crippen LogP contribution in [0.4, 0.5) is 0 Å². The summed E-state index contributed by atoms with van der Waals surface area (Å²) in [4.78, 5) is 9.19. The summed E-state index contributed by atoms with van der Waals surface area (Å²) < 4.78 is 0. The van der Waals surface area contributed by atoms with Gasteiger partial charge in [-0.15, -0.1) is 0 Å². The first kappa shape index (κ1) is 6.75. The van der Waals surface area contributed by atoms with Gasteiger partial charge in [-0.3, -0.25) is 0 Å². The predicted octanol–water partition coefficient (Wildman–Crippen LogP) is 1.51. The number of hydrogen-bond donors (Lipinski definition) is 0. The lowest BCUT2D eigenvalue weighted by Gasteiger charge is -2.00. The highest BCUT2D eigenvalue weighted by atomic mass is 17.7. The van der Waals surface area contributed by atoms with Gasteiger partial charge in [0, 0.05) is 5.56 Å². The molecule has 1 aromatic rings. The molecule has 0 atom stereocenters. The second kappa shape index (κ2) is 2.98. The zero-order valence-corrected chi connectivity index (χ0v) is 5.60. The first-order valence-corrected chi connectivity index (χ1v) is 3.17. The molecule has 1 saturated heterocycles. The van der Waals surface area contributed by atoms with Crippen LogP contribution in [0.15, 0.2) is 30.3 Å². The minimum Gasteiger partial charge on any atom is -0.163 e. The van der Waals surface area contributed by atoms with Crippen LogP contribution in [0.25, 0.3) is 0 Å². The maximum atomic E-state index is 4.59. The summed E-state index contributed by atoms with van der Waals surface area (Å²) in [6.45, 7) is 0. The average Bonchev–Trinajstić information content (AvgIpc) is 2.58. The quantitative estimate of drug-likeness (QED) is 0.574. The predicted molar refractivity (Wildman–Crippen MR) is 33.5 cm³/mol. The average molecular weight is 154 g/mol. The van der Waals surface area contributed by atoms with Crippen LogP contribution in [0.2, 0.25) is 0 Å². The zero-order valence-electron chi connectivity index (χ0n) is 5.60. The summed E-state index contributed by atoms with van der Waals surface area (Å²) in [6, 6.07) is 9.35. The highest BCUT2D eigenvalue weighted by Gasteiger charge is 2.21. The molecule has 1 aromatic carbocycles. The third kappa shape index (κ3) is 1.38. The van der Waals surface area contributed by atoms with Crippen molar-refractivity contribution in [1.29, 1.82) is 0 Å². The van der Waals surface area contributed by atoms with Crippen molar-refractivity contribution < 1.29 is 19.9 Å². The largest absolute Gasteiger partial charge is 0.255 e. The van der Waals surface area contributed by atoms with Crippen molar-refractivity contribution in [1.82, 2.24) is 0 Å². The molecule has 58 valence electrons. The van der Waals surface area contributed by atoms with Gasteiger partial charge < -0.3 is 0 Å². The molecule has 4 nitrogen and oxygen atoms in total. The zero-order chi connectivity index (χ0) is 7.52. The molecular weight excluding hydrogens is 148 g/mol. The van der Waals surface area contributed by atoms with E-state index in [1.54, 1.807) is 0 Å². The van der Waals surface area contributed by atoms with Crippen LogP contribution in [0, 0.1) is 0 Å². The molecule has 0 spiro atoms. The molecule has 0 unspecified atom stereocenters. The summed E-state index contributed by atoms with van der Waals surface area (Å²) in [5.74, 6) is 0. The van der Waals surface area contributed by atoms with E-state index in [1.807, 2.05) is 30.3 Å². The summed E-state index contributed by atoms with van der Waals surface area (Å²) in [6.07, 6.45) is -0.573. The van der Waals surface area contributed by atoms with Crippen LogP contribution in [0.3, 0.4) is 0 Å². The number of benzene rings is 1. The van der Waals surface area contributed by atoms with Gasteiger partial charge in [-0.2, -0.15) is 9.78 Å². The van der Waals surface area contributed by atoms with E-state index in [1.165, 1.54) is 0 Å². The third-order valence-electron chi connectivity index (χ3n) is 1.35. The fourth-order valence-corrected chi connectivity index (χ4v) is 0.841. The highest BCUT2D eigenvalue weighted by Crippen LogP contribution is 2.23. The van der Waals surface area contributed by atoms with Crippen molar-refractivity contribution in [2.45, 2.75) is 6.29 Å². The Labute approximate surface area is 63.0 Å². The normalized spacial score (nSPS) is 18.9. The molecule has 0 amide bonds.